The molecule has 0 aliphatic carbocycles. The zero-order valence-corrected chi connectivity index (χ0v) is 14.6. The molecule has 3 aliphatic rings. The van der Waals surface area contributed by atoms with Gasteiger partial charge in [-0.25, -0.2) is 0 Å². The summed E-state index contributed by atoms with van der Waals surface area (Å²) in [4.78, 5) is 29.1. The van der Waals surface area contributed by atoms with Crippen molar-refractivity contribution in [2.75, 3.05) is 19.6 Å². The zero-order valence-electron chi connectivity index (χ0n) is 14.6. The third-order valence-electron chi connectivity index (χ3n) is 6.39. The fourth-order valence-electron chi connectivity index (χ4n) is 5.05. The SMILES string of the molecule is NC(=O)C1CCN(C(=O)[C@@H]2C[C@H](c3ccccc3)N3CCC[C@@H]23)CC1. The van der Waals surface area contributed by atoms with E-state index in [0.29, 0.717) is 43.9 Å². The van der Waals surface area contributed by atoms with Crippen LogP contribution in [0.5, 0.6) is 0 Å². The smallest absolute Gasteiger partial charge is 0.227 e. The summed E-state index contributed by atoms with van der Waals surface area (Å²) in [6.07, 6.45) is 4.65. The van der Waals surface area contributed by atoms with Crippen LogP contribution in [0.25, 0.3) is 0 Å². The number of amides is 2. The number of carbonyl (C=O) groups is 2. The van der Waals surface area contributed by atoms with Crippen LogP contribution in [0.15, 0.2) is 30.3 Å². The van der Waals surface area contributed by atoms with Crippen molar-refractivity contribution in [3.05, 3.63) is 35.9 Å². The van der Waals surface area contributed by atoms with E-state index in [1.807, 2.05) is 11.0 Å². The Morgan fingerprint density at radius 3 is 2.40 bits per heavy atom. The van der Waals surface area contributed by atoms with Crippen molar-refractivity contribution in [1.29, 1.82) is 0 Å². The maximum atomic E-state index is 13.2. The lowest BCUT2D eigenvalue weighted by Gasteiger charge is -2.33. The number of primary amides is 1. The third kappa shape index (κ3) is 3.06. The first-order valence-electron chi connectivity index (χ1n) is 9.54. The summed E-state index contributed by atoms with van der Waals surface area (Å²) >= 11 is 0. The lowest BCUT2D eigenvalue weighted by atomic mass is 9.90. The van der Waals surface area contributed by atoms with E-state index in [0.717, 1.165) is 19.4 Å². The zero-order chi connectivity index (χ0) is 17.4. The van der Waals surface area contributed by atoms with Crippen LogP contribution >= 0.6 is 0 Å². The molecule has 0 aromatic heterocycles. The molecular weight excluding hydrogens is 314 g/mol. The predicted octanol–water partition coefficient (Wildman–Crippen LogP) is 1.94. The van der Waals surface area contributed by atoms with Crippen molar-refractivity contribution in [2.45, 2.75) is 44.2 Å². The fraction of sp³-hybridized carbons (Fsp3) is 0.600. The minimum atomic E-state index is -0.223. The normalized spacial score (nSPS) is 30.4. The monoisotopic (exact) mass is 341 g/mol. The summed E-state index contributed by atoms with van der Waals surface area (Å²) < 4.78 is 0. The predicted molar refractivity (Wildman–Crippen MR) is 95.5 cm³/mol. The molecule has 3 heterocycles. The van der Waals surface area contributed by atoms with Crippen molar-refractivity contribution in [3.8, 4) is 0 Å². The molecule has 2 N–H and O–H groups in total. The average molecular weight is 341 g/mol. The molecule has 3 atom stereocenters. The summed E-state index contributed by atoms with van der Waals surface area (Å²) in [5.41, 5.74) is 6.75. The number of benzene rings is 1. The number of nitrogens with two attached hydrogens (primary N) is 1. The number of piperidine rings is 1. The quantitative estimate of drug-likeness (QED) is 0.913. The highest BCUT2D eigenvalue weighted by Gasteiger charge is 2.48. The second-order valence-electron chi connectivity index (χ2n) is 7.72. The van der Waals surface area contributed by atoms with Gasteiger partial charge in [-0.15, -0.1) is 0 Å². The molecule has 0 unspecified atom stereocenters. The largest absolute Gasteiger partial charge is 0.369 e. The number of rotatable bonds is 3. The van der Waals surface area contributed by atoms with Crippen molar-refractivity contribution >= 4 is 11.8 Å². The first kappa shape index (κ1) is 16.6. The van der Waals surface area contributed by atoms with Crippen molar-refractivity contribution in [2.24, 2.45) is 17.6 Å². The van der Waals surface area contributed by atoms with Crippen LogP contribution in [0.2, 0.25) is 0 Å². The molecule has 2 amide bonds. The summed E-state index contributed by atoms with van der Waals surface area (Å²) in [5.74, 6) is 0.0998. The molecular formula is C20H27N3O2. The molecule has 3 saturated heterocycles. The molecule has 0 saturated carbocycles. The number of nitrogens with zero attached hydrogens (tertiary/aromatic N) is 2. The van der Waals surface area contributed by atoms with Crippen LogP contribution < -0.4 is 5.73 Å². The van der Waals surface area contributed by atoms with Crippen molar-refractivity contribution in [3.63, 3.8) is 0 Å². The standard InChI is InChI=1S/C20H27N3O2/c21-19(24)15-8-11-22(12-9-15)20(25)16-13-18(14-5-2-1-3-6-14)23-10-4-7-17(16)23/h1-3,5-6,15-18H,4,7-13H2,(H2,21,24)/t16-,17+,18-/m1/s1. The number of fused-ring (bicyclic) bond motifs is 1. The van der Waals surface area contributed by atoms with E-state index in [4.69, 9.17) is 5.73 Å². The maximum Gasteiger partial charge on any atom is 0.227 e. The summed E-state index contributed by atoms with van der Waals surface area (Å²) in [7, 11) is 0. The molecule has 0 spiro atoms. The lowest BCUT2D eigenvalue weighted by Crippen LogP contribution is -2.46. The Bertz CT molecular complexity index is 640. The minimum Gasteiger partial charge on any atom is -0.369 e. The minimum absolute atomic E-state index is 0.0623. The summed E-state index contributed by atoms with van der Waals surface area (Å²) in [6.45, 7) is 2.44. The van der Waals surface area contributed by atoms with Gasteiger partial charge in [0.25, 0.3) is 0 Å². The fourth-order valence-corrected chi connectivity index (χ4v) is 5.05. The van der Waals surface area contributed by atoms with Crippen LogP contribution in [-0.4, -0.2) is 47.3 Å². The number of likely N-dealkylation sites (tertiary alicyclic amines) is 1. The van der Waals surface area contributed by atoms with Gasteiger partial charge in [0, 0.05) is 31.1 Å². The van der Waals surface area contributed by atoms with Crippen molar-refractivity contribution in [1.82, 2.24) is 9.80 Å². The van der Waals surface area contributed by atoms with E-state index in [1.165, 1.54) is 12.0 Å². The van der Waals surface area contributed by atoms with E-state index in [9.17, 15) is 9.59 Å². The van der Waals surface area contributed by atoms with E-state index in [2.05, 4.69) is 29.2 Å². The molecule has 3 fully saturated rings. The number of hydrogen-bond donors (Lipinski definition) is 1. The van der Waals surface area contributed by atoms with Gasteiger partial charge in [0.1, 0.15) is 0 Å². The van der Waals surface area contributed by atoms with Gasteiger partial charge in [-0.05, 0) is 44.2 Å². The van der Waals surface area contributed by atoms with E-state index in [-0.39, 0.29) is 17.7 Å². The number of carbonyl (C=O) groups excluding carboxylic acids is 2. The Kier molecular flexibility index (Phi) is 4.50. The van der Waals surface area contributed by atoms with Gasteiger partial charge in [-0.3, -0.25) is 14.5 Å². The van der Waals surface area contributed by atoms with Gasteiger partial charge < -0.3 is 10.6 Å². The Labute approximate surface area is 149 Å². The van der Waals surface area contributed by atoms with Gasteiger partial charge in [0.2, 0.25) is 11.8 Å². The molecule has 1 aromatic carbocycles. The molecule has 1 aromatic rings. The molecule has 4 rings (SSSR count). The molecule has 0 bridgehead atoms. The molecule has 3 aliphatic heterocycles. The van der Waals surface area contributed by atoms with Gasteiger partial charge in [-0.2, -0.15) is 0 Å². The highest BCUT2D eigenvalue weighted by Crippen LogP contribution is 2.45. The highest BCUT2D eigenvalue weighted by molar-refractivity contribution is 5.81. The molecule has 134 valence electrons. The topological polar surface area (TPSA) is 66.6 Å². The van der Waals surface area contributed by atoms with Gasteiger partial charge >= 0.3 is 0 Å². The van der Waals surface area contributed by atoms with Gasteiger partial charge in [0.15, 0.2) is 0 Å². The molecule has 25 heavy (non-hydrogen) atoms. The van der Waals surface area contributed by atoms with Gasteiger partial charge in [-0.1, -0.05) is 30.3 Å². The molecule has 5 nitrogen and oxygen atoms in total. The van der Waals surface area contributed by atoms with Crippen molar-refractivity contribution < 1.29 is 9.59 Å². The lowest BCUT2D eigenvalue weighted by molar-refractivity contribution is -0.139. The Morgan fingerprint density at radius 2 is 1.72 bits per heavy atom. The van der Waals surface area contributed by atoms with E-state index < -0.39 is 0 Å². The molecule has 0 radical (unpaired) electrons. The van der Waals surface area contributed by atoms with Crippen LogP contribution in [-0.2, 0) is 9.59 Å². The second kappa shape index (κ2) is 6.79. The first-order chi connectivity index (χ1) is 12.1. The van der Waals surface area contributed by atoms with Crippen LogP contribution in [0.3, 0.4) is 0 Å². The maximum absolute atomic E-state index is 13.2. The third-order valence-corrected chi connectivity index (χ3v) is 6.39. The van der Waals surface area contributed by atoms with E-state index in [1.54, 1.807) is 0 Å². The Hall–Kier alpha value is -1.88. The Balaban J connectivity index is 1.47. The Morgan fingerprint density at radius 1 is 1.00 bits per heavy atom. The van der Waals surface area contributed by atoms with Crippen LogP contribution in [0, 0.1) is 11.8 Å². The second-order valence-corrected chi connectivity index (χ2v) is 7.72. The first-order valence-corrected chi connectivity index (χ1v) is 9.54. The van der Waals surface area contributed by atoms with Gasteiger partial charge in [0.05, 0.1) is 5.92 Å². The van der Waals surface area contributed by atoms with Crippen LogP contribution in [0.4, 0.5) is 0 Å². The molecule has 5 heteroatoms. The number of hydrogen-bond acceptors (Lipinski definition) is 3. The summed E-state index contributed by atoms with van der Waals surface area (Å²) in [6, 6.07) is 11.3. The van der Waals surface area contributed by atoms with Crippen LogP contribution in [0.1, 0.15) is 43.7 Å². The average Bonchev–Trinajstić information content (AvgIpc) is 3.24. The van der Waals surface area contributed by atoms with E-state index >= 15 is 0 Å². The summed E-state index contributed by atoms with van der Waals surface area (Å²) in [5, 5.41) is 0. The highest BCUT2D eigenvalue weighted by atomic mass is 16.2.